The van der Waals surface area contributed by atoms with Crippen molar-refractivity contribution in [2.75, 3.05) is 13.1 Å². The van der Waals surface area contributed by atoms with E-state index in [1.54, 1.807) is 0 Å². The van der Waals surface area contributed by atoms with Crippen LogP contribution < -0.4 is 5.32 Å². The van der Waals surface area contributed by atoms with Crippen LogP contribution in [0.5, 0.6) is 0 Å². The number of hydrogen-bond acceptors (Lipinski definition) is 3. The van der Waals surface area contributed by atoms with Gasteiger partial charge in [-0.2, -0.15) is 0 Å². The van der Waals surface area contributed by atoms with Gasteiger partial charge in [0.15, 0.2) is 0 Å². The molecule has 1 aromatic rings. The molecule has 0 radical (unpaired) electrons. The fourth-order valence-corrected chi connectivity index (χ4v) is 4.65. The van der Waals surface area contributed by atoms with Crippen molar-refractivity contribution in [1.29, 1.82) is 0 Å². The first-order valence-corrected chi connectivity index (χ1v) is 8.96. The molecule has 0 spiro atoms. The second kappa shape index (κ2) is 5.84. The maximum atomic E-state index is 3.79. The maximum Gasteiger partial charge on any atom is 0.0701 e. The lowest BCUT2D eigenvalue weighted by atomic mass is 9.97. The Bertz CT molecular complexity index is 428. The number of rotatable bonds is 4. The Labute approximate surface area is 128 Å². The van der Waals surface area contributed by atoms with Crippen LogP contribution in [0.1, 0.15) is 31.6 Å². The van der Waals surface area contributed by atoms with Gasteiger partial charge in [-0.15, -0.1) is 11.3 Å². The first-order valence-electron chi connectivity index (χ1n) is 7.35. The molecule has 1 saturated heterocycles. The van der Waals surface area contributed by atoms with E-state index < -0.39 is 0 Å². The molecule has 2 unspecified atom stereocenters. The smallest absolute Gasteiger partial charge is 0.0701 e. The molecule has 4 heteroatoms. The zero-order valence-electron chi connectivity index (χ0n) is 11.7. The number of nitrogens with one attached hydrogen (secondary N) is 1. The minimum atomic E-state index is 0.677. The van der Waals surface area contributed by atoms with Crippen LogP contribution in [-0.4, -0.2) is 30.1 Å². The Kier molecular flexibility index (Phi) is 4.32. The number of nitrogens with zero attached hydrogens (tertiary/aromatic N) is 1. The number of hydrogen-bond donors (Lipinski definition) is 1. The Balaban J connectivity index is 1.69. The van der Waals surface area contributed by atoms with Crippen LogP contribution in [0.4, 0.5) is 0 Å². The van der Waals surface area contributed by atoms with E-state index in [0.29, 0.717) is 6.04 Å². The van der Waals surface area contributed by atoms with Crippen LogP contribution in [0, 0.1) is 11.8 Å². The van der Waals surface area contributed by atoms with Gasteiger partial charge in [0.05, 0.1) is 3.79 Å². The lowest BCUT2D eigenvalue weighted by Crippen LogP contribution is -2.58. The van der Waals surface area contributed by atoms with Gasteiger partial charge in [0.2, 0.25) is 0 Å². The molecular formula is C15H23BrN2S. The van der Waals surface area contributed by atoms with Gasteiger partial charge in [-0.05, 0) is 52.7 Å². The molecular weight excluding hydrogens is 320 g/mol. The molecule has 1 aromatic heterocycles. The summed E-state index contributed by atoms with van der Waals surface area (Å²) in [6.07, 6.45) is 2.87. The van der Waals surface area contributed by atoms with Gasteiger partial charge in [-0.1, -0.05) is 13.8 Å². The van der Waals surface area contributed by atoms with Gasteiger partial charge in [0.25, 0.3) is 0 Å². The molecule has 19 heavy (non-hydrogen) atoms. The van der Waals surface area contributed by atoms with E-state index in [-0.39, 0.29) is 0 Å². The summed E-state index contributed by atoms with van der Waals surface area (Å²) < 4.78 is 1.25. The van der Waals surface area contributed by atoms with Crippen molar-refractivity contribution in [3.63, 3.8) is 0 Å². The molecule has 1 aliphatic carbocycles. The highest BCUT2D eigenvalue weighted by Gasteiger charge is 2.37. The Hall–Kier alpha value is 0.1000. The lowest BCUT2D eigenvalue weighted by Gasteiger charge is -2.42. The molecule has 106 valence electrons. The van der Waals surface area contributed by atoms with Gasteiger partial charge < -0.3 is 5.32 Å². The SMILES string of the molecule is CC(C)C1CNC(C2CC2)CN1Cc1ccc(Br)s1. The third kappa shape index (κ3) is 3.41. The van der Waals surface area contributed by atoms with E-state index in [1.165, 1.54) is 28.0 Å². The molecule has 2 aliphatic rings. The topological polar surface area (TPSA) is 15.3 Å². The molecule has 1 saturated carbocycles. The zero-order chi connectivity index (χ0) is 13.4. The first kappa shape index (κ1) is 14.1. The third-order valence-corrected chi connectivity index (χ3v) is 6.05. The van der Waals surface area contributed by atoms with Crippen LogP contribution in [0.25, 0.3) is 0 Å². The molecule has 0 amide bonds. The summed E-state index contributed by atoms with van der Waals surface area (Å²) in [5.74, 6) is 1.67. The minimum Gasteiger partial charge on any atom is -0.311 e. The molecule has 2 nitrogen and oxygen atoms in total. The number of thiophene rings is 1. The highest BCUT2D eigenvalue weighted by Crippen LogP contribution is 2.35. The van der Waals surface area contributed by atoms with Crippen LogP contribution in [-0.2, 0) is 6.54 Å². The lowest BCUT2D eigenvalue weighted by molar-refractivity contribution is 0.0862. The second-order valence-corrected chi connectivity index (χ2v) is 8.85. The third-order valence-electron chi connectivity index (χ3n) is 4.44. The highest BCUT2D eigenvalue weighted by atomic mass is 79.9. The van der Waals surface area contributed by atoms with E-state index in [0.717, 1.165) is 31.0 Å². The quantitative estimate of drug-likeness (QED) is 0.896. The van der Waals surface area contributed by atoms with Gasteiger partial charge >= 0.3 is 0 Å². The summed E-state index contributed by atoms with van der Waals surface area (Å²) in [6, 6.07) is 5.85. The highest BCUT2D eigenvalue weighted by molar-refractivity contribution is 9.11. The normalized spacial score (nSPS) is 29.1. The fourth-order valence-electron chi connectivity index (χ4n) is 3.14. The van der Waals surface area contributed by atoms with Crippen molar-refractivity contribution in [1.82, 2.24) is 10.2 Å². The summed E-state index contributed by atoms with van der Waals surface area (Å²) in [6.45, 7) is 8.20. The van der Waals surface area contributed by atoms with Crippen LogP contribution in [0.2, 0.25) is 0 Å². The zero-order valence-corrected chi connectivity index (χ0v) is 14.1. The molecule has 2 atom stereocenters. The van der Waals surface area contributed by atoms with E-state index in [9.17, 15) is 0 Å². The monoisotopic (exact) mass is 342 g/mol. The Morgan fingerprint density at radius 1 is 1.42 bits per heavy atom. The summed E-state index contributed by atoms with van der Waals surface area (Å²) in [4.78, 5) is 4.19. The average Bonchev–Trinajstić information content (AvgIpc) is 3.14. The molecule has 2 heterocycles. The standard InChI is InChI=1S/C15H23BrN2S/c1-10(2)14-7-17-13(11-3-4-11)9-18(14)8-12-5-6-15(16)19-12/h5-6,10-11,13-14,17H,3-4,7-9H2,1-2H3. The van der Waals surface area contributed by atoms with E-state index in [4.69, 9.17) is 0 Å². The molecule has 2 fully saturated rings. The van der Waals surface area contributed by atoms with E-state index >= 15 is 0 Å². The molecule has 1 aliphatic heterocycles. The number of piperazine rings is 1. The largest absolute Gasteiger partial charge is 0.311 e. The number of halogens is 1. The second-order valence-electron chi connectivity index (χ2n) is 6.30. The predicted octanol–water partition coefficient (Wildman–Crippen LogP) is 3.72. The molecule has 0 aromatic carbocycles. The summed E-state index contributed by atoms with van der Waals surface area (Å²) >= 11 is 5.45. The fraction of sp³-hybridized carbons (Fsp3) is 0.733. The maximum absolute atomic E-state index is 3.79. The van der Waals surface area contributed by atoms with Crippen molar-refractivity contribution in [3.8, 4) is 0 Å². The summed E-state index contributed by atoms with van der Waals surface area (Å²) in [5, 5.41) is 3.79. The Morgan fingerprint density at radius 2 is 2.21 bits per heavy atom. The van der Waals surface area contributed by atoms with Gasteiger partial charge in [-0.3, -0.25) is 4.90 Å². The molecule has 1 N–H and O–H groups in total. The minimum absolute atomic E-state index is 0.677. The predicted molar refractivity (Wildman–Crippen MR) is 85.6 cm³/mol. The van der Waals surface area contributed by atoms with Gasteiger partial charge in [-0.25, -0.2) is 0 Å². The molecule has 0 bridgehead atoms. The van der Waals surface area contributed by atoms with Crippen LogP contribution >= 0.6 is 27.3 Å². The molecule has 3 rings (SSSR count). The van der Waals surface area contributed by atoms with Gasteiger partial charge in [0, 0.05) is 36.6 Å². The summed E-state index contributed by atoms with van der Waals surface area (Å²) in [5.41, 5.74) is 0. The van der Waals surface area contributed by atoms with Crippen LogP contribution in [0.15, 0.2) is 15.9 Å². The summed E-state index contributed by atoms with van der Waals surface area (Å²) in [7, 11) is 0. The van der Waals surface area contributed by atoms with Crippen molar-refractivity contribution in [2.45, 2.75) is 45.3 Å². The van der Waals surface area contributed by atoms with Crippen molar-refractivity contribution in [2.24, 2.45) is 11.8 Å². The van der Waals surface area contributed by atoms with E-state index in [1.807, 2.05) is 11.3 Å². The Morgan fingerprint density at radius 3 is 2.79 bits per heavy atom. The van der Waals surface area contributed by atoms with Gasteiger partial charge in [0.1, 0.15) is 0 Å². The van der Waals surface area contributed by atoms with Crippen LogP contribution in [0.3, 0.4) is 0 Å². The van der Waals surface area contributed by atoms with Crippen molar-refractivity contribution in [3.05, 3.63) is 20.8 Å². The average molecular weight is 343 g/mol. The first-order chi connectivity index (χ1) is 9.13. The van der Waals surface area contributed by atoms with Crippen molar-refractivity contribution < 1.29 is 0 Å². The van der Waals surface area contributed by atoms with E-state index in [2.05, 4.69) is 52.1 Å². The van der Waals surface area contributed by atoms with Crippen molar-refractivity contribution >= 4 is 27.3 Å².